The van der Waals surface area contributed by atoms with E-state index < -0.39 is 0 Å². The maximum atomic E-state index is 6.47. The summed E-state index contributed by atoms with van der Waals surface area (Å²) in [7, 11) is 0. The van der Waals surface area contributed by atoms with Crippen LogP contribution in [0.5, 0.6) is 0 Å². The van der Waals surface area contributed by atoms with Crippen molar-refractivity contribution >= 4 is 71.6 Å². The molecule has 0 fully saturated rings. The Morgan fingerprint density at radius 3 is 1.84 bits per heavy atom. The molecular weight excluding hydrogens is 597 g/mol. The van der Waals surface area contributed by atoms with E-state index in [9.17, 15) is 0 Å². The first-order chi connectivity index (χ1) is 24.3. The number of para-hydroxylation sites is 3. The zero-order valence-corrected chi connectivity index (χ0v) is 26.6. The molecule has 3 heteroatoms. The Hall–Kier alpha value is -6.58. The molecule has 0 saturated heterocycles. The lowest BCUT2D eigenvalue weighted by Crippen LogP contribution is -2.11. The van der Waals surface area contributed by atoms with Crippen molar-refractivity contribution in [3.05, 3.63) is 182 Å². The average molecular weight is 627 g/mol. The van der Waals surface area contributed by atoms with Crippen molar-refractivity contribution in [2.75, 3.05) is 4.90 Å². The summed E-state index contributed by atoms with van der Waals surface area (Å²) in [4.78, 5) is 2.42. The molecule has 0 unspecified atom stereocenters. The predicted octanol–water partition coefficient (Wildman–Crippen LogP) is 13.0. The van der Waals surface area contributed by atoms with Crippen LogP contribution in [-0.2, 0) is 0 Å². The Balaban J connectivity index is 1.32. The molecule has 230 valence electrons. The molecule has 0 spiro atoms. The second kappa shape index (κ2) is 11.0. The van der Waals surface area contributed by atoms with Crippen LogP contribution in [0.3, 0.4) is 0 Å². The maximum Gasteiger partial charge on any atom is 0.137 e. The van der Waals surface area contributed by atoms with Crippen LogP contribution in [0.2, 0.25) is 0 Å². The molecule has 0 amide bonds. The van der Waals surface area contributed by atoms with Gasteiger partial charge in [0.1, 0.15) is 11.2 Å². The number of hydrogen-bond donors (Lipinski definition) is 0. The molecule has 0 bridgehead atoms. The standard InChI is InChI=1S/C46H30N2O/c1-3-13-31(14-4-1)32-23-25-35(26-24-32)47(36-27-28-39-38-19-10-12-22-43(38)49-44(39)30-36)46-37-18-8-7-15-33(37)29-42-45(46)40-20-9-11-21-41(40)48(42)34-16-5-2-6-17-34/h1-30H. The third-order valence-electron chi connectivity index (χ3n) is 9.75. The lowest BCUT2D eigenvalue weighted by molar-refractivity contribution is 0.669. The van der Waals surface area contributed by atoms with Crippen LogP contribution in [0.15, 0.2) is 186 Å². The minimum absolute atomic E-state index is 0.868. The molecule has 0 saturated carbocycles. The minimum atomic E-state index is 0.868. The van der Waals surface area contributed by atoms with Crippen molar-refractivity contribution in [2.24, 2.45) is 0 Å². The Morgan fingerprint density at radius 2 is 1.02 bits per heavy atom. The SMILES string of the molecule is c1ccc(-c2ccc(N(c3ccc4c(c3)oc3ccccc34)c3c4ccccc4cc4c3c3ccccc3n4-c3ccccc3)cc2)cc1. The number of nitrogens with zero attached hydrogens (tertiary/aromatic N) is 2. The van der Waals surface area contributed by atoms with Gasteiger partial charge in [-0.25, -0.2) is 0 Å². The number of hydrogen-bond acceptors (Lipinski definition) is 2. The van der Waals surface area contributed by atoms with E-state index in [1.165, 1.54) is 38.2 Å². The van der Waals surface area contributed by atoms with Gasteiger partial charge in [-0.3, -0.25) is 0 Å². The summed E-state index contributed by atoms with van der Waals surface area (Å²) in [5.41, 5.74) is 10.9. The van der Waals surface area contributed by atoms with Crippen LogP contribution in [0.4, 0.5) is 17.1 Å². The van der Waals surface area contributed by atoms with Crippen LogP contribution in [0.1, 0.15) is 0 Å². The lowest BCUT2D eigenvalue weighted by atomic mass is 10.00. The van der Waals surface area contributed by atoms with Gasteiger partial charge in [0.2, 0.25) is 0 Å². The monoisotopic (exact) mass is 626 g/mol. The van der Waals surface area contributed by atoms with Gasteiger partial charge in [-0.2, -0.15) is 0 Å². The second-order valence-electron chi connectivity index (χ2n) is 12.6. The molecule has 3 nitrogen and oxygen atoms in total. The first-order valence-corrected chi connectivity index (χ1v) is 16.7. The van der Waals surface area contributed by atoms with Gasteiger partial charge in [0.05, 0.1) is 16.7 Å². The summed E-state index contributed by atoms with van der Waals surface area (Å²) in [6.45, 7) is 0. The quantitative estimate of drug-likeness (QED) is 0.190. The van der Waals surface area contributed by atoms with Crippen LogP contribution < -0.4 is 4.90 Å². The highest BCUT2D eigenvalue weighted by atomic mass is 16.3. The number of anilines is 3. The number of rotatable bonds is 5. The first-order valence-electron chi connectivity index (χ1n) is 16.7. The molecule has 0 aliphatic heterocycles. The topological polar surface area (TPSA) is 21.3 Å². The van der Waals surface area contributed by atoms with E-state index in [1.807, 2.05) is 12.1 Å². The lowest BCUT2D eigenvalue weighted by Gasteiger charge is -2.28. The van der Waals surface area contributed by atoms with E-state index in [-0.39, 0.29) is 0 Å². The molecule has 0 radical (unpaired) electrons. The van der Waals surface area contributed by atoms with E-state index in [4.69, 9.17) is 4.42 Å². The summed E-state index contributed by atoms with van der Waals surface area (Å²) < 4.78 is 8.87. The van der Waals surface area contributed by atoms with E-state index in [0.717, 1.165) is 50.2 Å². The minimum Gasteiger partial charge on any atom is -0.456 e. The molecule has 2 aromatic heterocycles. The van der Waals surface area contributed by atoms with Crippen molar-refractivity contribution in [3.63, 3.8) is 0 Å². The highest BCUT2D eigenvalue weighted by Crippen LogP contribution is 2.48. The third-order valence-corrected chi connectivity index (χ3v) is 9.75. The molecule has 0 aliphatic rings. The van der Waals surface area contributed by atoms with Gasteiger partial charge in [0.25, 0.3) is 0 Å². The van der Waals surface area contributed by atoms with Crippen LogP contribution in [0, 0.1) is 0 Å². The van der Waals surface area contributed by atoms with E-state index >= 15 is 0 Å². The second-order valence-corrected chi connectivity index (χ2v) is 12.6. The number of fused-ring (bicyclic) bond motifs is 7. The van der Waals surface area contributed by atoms with Crippen LogP contribution in [0.25, 0.3) is 71.3 Å². The molecule has 49 heavy (non-hydrogen) atoms. The summed E-state index contributed by atoms with van der Waals surface area (Å²) in [6, 6.07) is 65.0. The fourth-order valence-electron chi connectivity index (χ4n) is 7.55. The number of benzene rings is 8. The smallest absolute Gasteiger partial charge is 0.137 e. The summed E-state index contributed by atoms with van der Waals surface area (Å²) in [5, 5.41) is 7.01. The zero-order valence-electron chi connectivity index (χ0n) is 26.6. The highest BCUT2D eigenvalue weighted by molar-refractivity contribution is 6.24. The molecule has 0 atom stereocenters. The summed E-state index contributed by atoms with van der Waals surface area (Å²) in [6.07, 6.45) is 0. The van der Waals surface area contributed by atoms with Crippen molar-refractivity contribution in [1.82, 2.24) is 4.57 Å². The van der Waals surface area contributed by atoms with E-state index in [1.54, 1.807) is 0 Å². The fraction of sp³-hybridized carbons (Fsp3) is 0. The van der Waals surface area contributed by atoms with Gasteiger partial charge in [-0.1, -0.05) is 121 Å². The highest BCUT2D eigenvalue weighted by Gasteiger charge is 2.24. The van der Waals surface area contributed by atoms with E-state index in [0.29, 0.717) is 0 Å². The maximum absolute atomic E-state index is 6.47. The Bertz CT molecular complexity index is 2810. The van der Waals surface area contributed by atoms with Crippen LogP contribution in [-0.4, -0.2) is 4.57 Å². The molecule has 8 aromatic carbocycles. The van der Waals surface area contributed by atoms with Crippen molar-refractivity contribution < 1.29 is 4.42 Å². The predicted molar refractivity (Wildman–Crippen MR) is 206 cm³/mol. The zero-order chi connectivity index (χ0) is 32.3. The van der Waals surface area contributed by atoms with Gasteiger partial charge in [-0.05, 0) is 71.1 Å². The number of furan rings is 1. The molecule has 10 aromatic rings. The normalized spacial score (nSPS) is 11.7. The molecule has 0 N–H and O–H groups in total. The third kappa shape index (κ3) is 4.37. The average Bonchev–Trinajstić information content (AvgIpc) is 3.71. The number of aromatic nitrogens is 1. The Labute approximate surface area is 283 Å². The Kier molecular flexibility index (Phi) is 6.18. The molecule has 10 rings (SSSR count). The van der Waals surface area contributed by atoms with Gasteiger partial charge in [0, 0.05) is 50.1 Å². The van der Waals surface area contributed by atoms with Crippen molar-refractivity contribution in [3.8, 4) is 16.8 Å². The van der Waals surface area contributed by atoms with Crippen molar-refractivity contribution in [1.29, 1.82) is 0 Å². The fourth-order valence-corrected chi connectivity index (χ4v) is 7.55. The van der Waals surface area contributed by atoms with Gasteiger partial charge in [-0.15, -0.1) is 0 Å². The van der Waals surface area contributed by atoms with E-state index in [2.05, 4.69) is 179 Å². The Morgan fingerprint density at radius 1 is 0.408 bits per heavy atom. The molecular formula is C46H30N2O. The molecule has 2 heterocycles. The van der Waals surface area contributed by atoms with Gasteiger partial charge in [0.15, 0.2) is 0 Å². The van der Waals surface area contributed by atoms with Gasteiger partial charge >= 0.3 is 0 Å². The van der Waals surface area contributed by atoms with Crippen LogP contribution >= 0.6 is 0 Å². The summed E-state index contributed by atoms with van der Waals surface area (Å²) >= 11 is 0. The summed E-state index contributed by atoms with van der Waals surface area (Å²) in [5.74, 6) is 0. The largest absolute Gasteiger partial charge is 0.456 e. The van der Waals surface area contributed by atoms with Crippen molar-refractivity contribution in [2.45, 2.75) is 0 Å². The first kappa shape index (κ1) is 27.5. The van der Waals surface area contributed by atoms with Gasteiger partial charge < -0.3 is 13.9 Å². The molecule has 0 aliphatic carbocycles.